The number of aliphatic carboxylic acids is 1. The minimum Gasteiger partial charge on any atom is -0.481 e. The molecular formula is C12H9ClN2O3. The Balaban J connectivity index is 2.28. The number of benzene rings is 1. The molecule has 1 aliphatic heterocycles. The van der Waals surface area contributed by atoms with Crippen molar-refractivity contribution in [3.63, 3.8) is 0 Å². The third-order valence-corrected chi connectivity index (χ3v) is 3.17. The Morgan fingerprint density at radius 3 is 2.78 bits per heavy atom. The highest BCUT2D eigenvalue weighted by Gasteiger charge is 2.35. The highest BCUT2D eigenvalue weighted by Crippen LogP contribution is 2.28. The normalized spacial score (nSPS) is 18.8. The SMILES string of the molecule is N#Cc1ccc(N2C[C@@H](C(=O)O)CC2=O)cc1Cl. The predicted octanol–water partition coefficient (Wildman–Crippen LogP) is 1.65. The summed E-state index contributed by atoms with van der Waals surface area (Å²) in [6.45, 7) is 0.135. The summed E-state index contributed by atoms with van der Waals surface area (Å²) in [6.07, 6.45) is -0.00699. The highest BCUT2D eigenvalue weighted by atomic mass is 35.5. The monoisotopic (exact) mass is 264 g/mol. The number of nitriles is 1. The Kier molecular flexibility index (Phi) is 3.21. The van der Waals surface area contributed by atoms with Crippen molar-refractivity contribution in [2.24, 2.45) is 5.92 Å². The van der Waals surface area contributed by atoms with Crippen LogP contribution in [0.15, 0.2) is 18.2 Å². The Labute approximate surface area is 108 Å². The molecule has 1 aromatic rings. The first-order chi connectivity index (χ1) is 8.52. The summed E-state index contributed by atoms with van der Waals surface area (Å²) in [6, 6.07) is 6.53. The Bertz CT molecular complexity index is 565. The first-order valence-electron chi connectivity index (χ1n) is 5.25. The molecule has 1 N–H and O–H groups in total. The van der Waals surface area contributed by atoms with Crippen LogP contribution in [-0.2, 0) is 9.59 Å². The van der Waals surface area contributed by atoms with Gasteiger partial charge in [0, 0.05) is 18.7 Å². The van der Waals surface area contributed by atoms with Gasteiger partial charge >= 0.3 is 5.97 Å². The minimum atomic E-state index is -0.981. The topological polar surface area (TPSA) is 81.4 Å². The van der Waals surface area contributed by atoms with Crippen molar-refractivity contribution in [1.29, 1.82) is 5.26 Å². The molecule has 1 heterocycles. The van der Waals surface area contributed by atoms with Crippen molar-refractivity contribution in [3.05, 3.63) is 28.8 Å². The molecule has 1 fully saturated rings. The van der Waals surface area contributed by atoms with Crippen LogP contribution in [0.1, 0.15) is 12.0 Å². The summed E-state index contributed by atoms with van der Waals surface area (Å²) >= 11 is 5.88. The number of carboxylic acid groups (broad SMARTS) is 1. The summed E-state index contributed by atoms with van der Waals surface area (Å²) in [5, 5.41) is 17.9. The fourth-order valence-corrected chi connectivity index (χ4v) is 2.10. The number of rotatable bonds is 2. The molecule has 0 saturated carbocycles. The summed E-state index contributed by atoms with van der Waals surface area (Å²) < 4.78 is 0. The summed E-state index contributed by atoms with van der Waals surface area (Å²) in [7, 11) is 0. The van der Waals surface area contributed by atoms with Gasteiger partial charge in [0.25, 0.3) is 0 Å². The largest absolute Gasteiger partial charge is 0.481 e. The molecule has 92 valence electrons. The van der Waals surface area contributed by atoms with E-state index in [2.05, 4.69) is 0 Å². The van der Waals surface area contributed by atoms with E-state index in [1.165, 1.54) is 17.0 Å². The molecule has 1 atom stereocenters. The molecule has 1 saturated heterocycles. The minimum absolute atomic E-state index is 0.00699. The van der Waals surface area contributed by atoms with Gasteiger partial charge in [0.15, 0.2) is 0 Å². The number of amides is 1. The van der Waals surface area contributed by atoms with Gasteiger partial charge in [-0.1, -0.05) is 11.6 Å². The molecule has 0 aliphatic carbocycles. The van der Waals surface area contributed by atoms with Crippen LogP contribution in [0, 0.1) is 17.2 Å². The van der Waals surface area contributed by atoms with Gasteiger partial charge in [-0.25, -0.2) is 0 Å². The lowest BCUT2D eigenvalue weighted by atomic mass is 10.1. The van der Waals surface area contributed by atoms with Gasteiger partial charge in [0.1, 0.15) is 6.07 Å². The lowest BCUT2D eigenvalue weighted by Crippen LogP contribution is -2.25. The van der Waals surface area contributed by atoms with E-state index < -0.39 is 11.9 Å². The molecule has 0 spiro atoms. The number of anilines is 1. The molecular weight excluding hydrogens is 256 g/mol. The maximum Gasteiger partial charge on any atom is 0.308 e. The number of hydrogen-bond donors (Lipinski definition) is 1. The van der Waals surface area contributed by atoms with E-state index in [0.29, 0.717) is 11.3 Å². The molecule has 18 heavy (non-hydrogen) atoms. The standard InChI is InChI=1S/C12H9ClN2O3/c13-10-4-9(2-1-7(10)5-14)15-6-8(12(17)18)3-11(15)16/h1-2,4,8H,3,6H2,(H,17,18)/t8-/m0/s1. The van der Waals surface area contributed by atoms with Crippen molar-refractivity contribution >= 4 is 29.2 Å². The van der Waals surface area contributed by atoms with Crippen LogP contribution >= 0.6 is 11.6 Å². The van der Waals surface area contributed by atoms with Crippen LogP contribution in [0.5, 0.6) is 0 Å². The van der Waals surface area contributed by atoms with Crippen LogP contribution in [0.25, 0.3) is 0 Å². The van der Waals surface area contributed by atoms with Gasteiger partial charge in [-0.05, 0) is 18.2 Å². The zero-order valence-corrected chi connectivity index (χ0v) is 10.0. The number of hydrogen-bond acceptors (Lipinski definition) is 3. The van der Waals surface area contributed by atoms with Gasteiger partial charge in [-0.3, -0.25) is 9.59 Å². The number of carbonyl (C=O) groups excluding carboxylic acids is 1. The van der Waals surface area contributed by atoms with Gasteiger partial charge in [0.05, 0.1) is 16.5 Å². The average molecular weight is 265 g/mol. The second kappa shape index (κ2) is 4.67. The maximum atomic E-state index is 11.7. The van der Waals surface area contributed by atoms with Crippen molar-refractivity contribution < 1.29 is 14.7 Å². The molecule has 0 unspecified atom stereocenters. The number of carboxylic acids is 1. The van der Waals surface area contributed by atoms with E-state index in [1.807, 2.05) is 6.07 Å². The number of halogens is 1. The number of carbonyl (C=O) groups is 2. The number of nitrogens with zero attached hydrogens (tertiary/aromatic N) is 2. The van der Waals surface area contributed by atoms with Crippen molar-refractivity contribution in [2.45, 2.75) is 6.42 Å². The Morgan fingerprint density at radius 2 is 2.28 bits per heavy atom. The van der Waals surface area contributed by atoms with Crippen molar-refractivity contribution in [1.82, 2.24) is 0 Å². The van der Waals surface area contributed by atoms with Gasteiger partial charge in [0.2, 0.25) is 5.91 Å². The molecule has 6 heteroatoms. The first-order valence-corrected chi connectivity index (χ1v) is 5.63. The zero-order chi connectivity index (χ0) is 13.3. The quantitative estimate of drug-likeness (QED) is 0.880. The first kappa shape index (κ1) is 12.4. The lowest BCUT2D eigenvalue weighted by Gasteiger charge is -2.16. The van der Waals surface area contributed by atoms with E-state index in [-0.39, 0.29) is 23.9 Å². The lowest BCUT2D eigenvalue weighted by molar-refractivity contribution is -0.141. The fourth-order valence-electron chi connectivity index (χ4n) is 1.89. The van der Waals surface area contributed by atoms with Gasteiger partial charge in [-0.2, -0.15) is 5.26 Å². The van der Waals surface area contributed by atoms with E-state index in [1.54, 1.807) is 6.07 Å². The highest BCUT2D eigenvalue weighted by molar-refractivity contribution is 6.32. The molecule has 1 aromatic carbocycles. The van der Waals surface area contributed by atoms with Crippen molar-refractivity contribution in [3.8, 4) is 6.07 Å². The van der Waals surface area contributed by atoms with E-state index in [0.717, 1.165) is 0 Å². The molecule has 0 aromatic heterocycles. The smallest absolute Gasteiger partial charge is 0.308 e. The Morgan fingerprint density at radius 1 is 1.56 bits per heavy atom. The van der Waals surface area contributed by atoms with Crippen LogP contribution in [0.2, 0.25) is 5.02 Å². The van der Waals surface area contributed by atoms with E-state index in [4.69, 9.17) is 22.0 Å². The second-order valence-electron chi connectivity index (χ2n) is 4.02. The maximum absolute atomic E-state index is 11.7. The van der Waals surface area contributed by atoms with E-state index in [9.17, 15) is 9.59 Å². The molecule has 1 amide bonds. The van der Waals surface area contributed by atoms with Crippen LogP contribution in [0.4, 0.5) is 5.69 Å². The molecule has 0 radical (unpaired) electrons. The third kappa shape index (κ3) is 2.15. The van der Waals surface area contributed by atoms with Crippen molar-refractivity contribution in [2.75, 3.05) is 11.4 Å². The summed E-state index contributed by atoms with van der Waals surface area (Å²) in [4.78, 5) is 23.9. The van der Waals surface area contributed by atoms with Crippen LogP contribution < -0.4 is 4.90 Å². The van der Waals surface area contributed by atoms with Crippen LogP contribution in [-0.4, -0.2) is 23.5 Å². The summed E-state index contributed by atoms with van der Waals surface area (Å²) in [5.74, 6) is -1.92. The fraction of sp³-hybridized carbons (Fsp3) is 0.250. The molecule has 5 nitrogen and oxygen atoms in total. The summed E-state index contributed by atoms with van der Waals surface area (Å²) in [5.41, 5.74) is 0.842. The molecule has 1 aliphatic rings. The molecule has 2 rings (SSSR count). The predicted molar refractivity (Wildman–Crippen MR) is 64.3 cm³/mol. The van der Waals surface area contributed by atoms with Gasteiger partial charge < -0.3 is 10.0 Å². The second-order valence-corrected chi connectivity index (χ2v) is 4.43. The zero-order valence-electron chi connectivity index (χ0n) is 9.26. The third-order valence-electron chi connectivity index (χ3n) is 2.86. The van der Waals surface area contributed by atoms with E-state index >= 15 is 0 Å². The average Bonchev–Trinajstić information content (AvgIpc) is 2.71. The Hall–Kier alpha value is -2.06. The van der Waals surface area contributed by atoms with Crippen LogP contribution in [0.3, 0.4) is 0 Å². The molecule has 0 bridgehead atoms. The van der Waals surface area contributed by atoms with Gasteiger partial charge in [-0.15, -0.1) is 0 Å².